The highest BCUT2D eigenvalue weighted by molar-refractivity contribution is 9.10. The molecule has 4 nitrogen and oxygen atoms in total. The van der Waals surface area contributed by atoms with Crippen molar-refractivity contribution >= 4 is 32.8 Å². The minimum absolute atomic E-state index is 0.264. The maximum absolute atomic E-state index is 11.2. The summed E-state index contributed by atoms with van der Waals surface area (Å²) in [6.45, 7) is 0.452. The topological polar surface area (TPSA) is 76.2 Å². The van der Waals surface area contributed by atoms with E-state index in [4.69, 9.17) is 5.73 Å². The van der Waals surface area contributed by atoms with Gasteiger partial charge in [0, 0.05) is 22.0 Å². The zero-order chi connectivity index (χ0) is 12.4. The molecule has 0 aliphatic rings. The lowest BCUT2D eigenvalue weighted by Crippen LogP contribution is -2.07. The Morgan fingerprint density at radius 2 is 2.18 bits per heavy atom. The molecule has 0 saturated heterocycles. The molecular formula is C12H11BrN2O2. The summed E-state index contributed by atoms with van der Waals surface area (Å²) in [5.74, 6) is -0.950. The van der Waals surface area contributed by atoms with E-state index < -0.39 is 5.97 Å². The van der Waals surface area contributed by atoms with Crippen LogP contribution in [0.2, 0.25) is 0 Å². The fourth-order valence-corrected chi connectivity index (χ4v) is 2.07. The van der Waals surface area contributed by atoms with Gasteiger partial charge in [-0.05, 0) is 30.8 Å². The fourth-order valence-electron chi connectivity index (χ4n) is 1.71. The third-order valence-corrected chi connectivity index (χ3v) is 2.95. The maximum atomic E-state index is 11.2. The van der Waals surface area contributed by atoms with Gasteiger partial charge in [-0.15, -0.1) is 0 Å². The molecule has 0 fully saturated rings. The van der Waals surface area contributed by atoms with E-state index in [1.807, 2.05) is 6.07 Å². The van der Waals surface area contributed by atoms with Gasteiger partial charge in [-0.25, -0.2) is 4.79 Å². The van der Waals surface area contributed by atoms with Crippen molar-refractivity contribution in [3.05, 3.63) is 40.0 Å². The van der Waals surface area contributed by atoms with Crippen LogP contribution >= 0.6 is 15.9 Å². The molecule has 1 heterocycles. The van der Waals surface area contributed by atoms with Crippen LogP contribution in [0.3, 0.4) is 0 Å². The van der Waals surface area contributed by atoms with E-state index in [9.17, 15) is 9.90 Å². The van der Waals surface area contributed by atoms with Gasteiger partial charge < -0.3 is 10.8 Å². The van der Waals surface area contributed by atoms with Crippen molar-refractivity contribution in [2.45, 2.75) is 6.42 Å². The number of aromatic nitrogens is 1. The van der Waals surface area contributed by atoms with Crippen LogP contribution < -0.4 is 5.73 Å². The summed E-state index contributed by atoms with van der Waals surface area (Å²) < 4.78 is 0.834. The summed E-state index contributed by atoms with van der Waals surface area (Å²) in [4.78, 5) is 15.6. The Morgan fingerprint density at radius 1 is 1.41 bits per heavy atom. The number of rotatable bonds is 3. The monoisotopic (exact) mass is 294 g/mol. The van der Waals surface area contributed by atoms with E-state index in [0.29, 0.717) is 29.6 Å². The largest absolute Gasteiger partial charge is 0.478 e. The molecule has 3 N–H and O–H groups in total. The molecular weight excluding hydrogens is 284 g/mol. The summed E-state index contributed by atoms with van der Waals surface area (Å²) >= 11 is 3.32. The van der Waals surface area contributed by atoms with Crippen molar-refractivity contribution in [2.24, 2.45) is 5.73 Å². The zero-order valence-corrected chi connectivity index (χ0v) is 10.6. The van der Waals surface area contributed by atoms with Crippen molar-refractivity contribution in [3.8, 4) is 0 Å². The number of hydrogen-bond acceptors (Lipinski definition) is 3. The van der Waals surface area contributed by atoms with Gasteiger partial charge in [-0.3, -0.25) is 4.98 Å². The van der Waals surface area contributed by atoms with Gasteiger partial charge in [-0.1, -0.05) is 15.9 Å². The molecule has 0 atom stereocenters. The van der Waals surface area contributed by atoms with Crippen LogP contribution in [0.4, 0.5) is 0 Å². The average Bonchev–Trinajstić information content (AvgIpc) is 2.28. The normalized spacial score (nSPS) is 10.7. The third kappa shape index (κ3) is 2.45. The second-order valence-electron chi connectivity index (χ2n) is 3.67. The molecule has 0 unspecified atom stereocenters. The first kappa shape index (κ1) is 12.0. The molecule has 0 amide bonds. The van der Waals surface area contributed by atoms with Crippen LogP contribution in [-0.4, -0.2) is 22.6 Å². The van der Waals surface area contributed by atoms with Crippen molar-refractivity contribution in [1.82, 2.24) is 4.98 Å². The fraction of sp³-hybridized carbons (Fsp3) is 0.167. The first-order valence-electron chi connectivity index (χ1n) is 5.14. The zero-order valence-electron chi connectivity index (χ0n) is 8.98. The SMILES string of the molecule is NCCc1cc(C(=O)O)c2cc(Br)ccc2n1. The predicted octanol–water partition coefficient (Wildman–Crippen LogP) is 2.20. The van der Waals surface area contributed by atoms with Crippen molar-refractivity contribution in [2.75, 3.05) is 6.54 Å². The van der Waals surface area contributed by atoms with Gasteiger partial charge in [-0.2, -0.15) is 0 Å². The van der Waals surface area contributed by atoms with E-state index in [2.05, 4.69) is 20.9 Å². The van der Waals surface area contributed by atoms with Gasteiger partial charge in [0.25, 0.3) is 0 Å². The number of nitrogens with zero attached hydrogens (tertiary/aromatic N) is 1. The molecule has 88 valence electrons. The number of fused-ring (bicyclic) bond motifs is 1. The van der Waals surface area contributed by atoms with E-state index in [1.54, 1.807) is 18.2 Å². The van der Waals surface area contributed by atoms with Crippen LogP contribution in [0, 0.1) is 0 Å². The summed E-state index contributed by atoms with van der Waals surface area (Å²) in [6.07, 6.45) is 0.576. The highest BCUT2D eigenvalue weighted by Gasteiger charge is 2.11. The van der Waals surface area contributed by atoms with Gasteiger partial charge in [0.1, 0.15) is 0 Å². The Bertz CT molecular complexity index is 584. The first-order valence-corrected chi connectivity index (χ1v) is 5.93. The second kappa shape index (κ2) is 4.81. The Balaban J connectivity index is 2.72. The van der Waals surface area contributed by atoms with E-state index >= 15 is 0 Å². The lowest BCUT2D eigenvalue weighted by molar-refractivity contribution is 0.0699. The minimum Gasteiger partial charge on any atom is -0.478 e. The molecule has 1 aromatic heterocycles. The molecule has 1 aromatic carbocycles. The number of carboxylic acids is 1. The number of pyridine rings is 1. The Labute approximate surface area is 107 Å². The first-order chi connectivity index (χ1) is 8.11. The van der Waals surface area contributed by atoms with Gasteiger partial charge in [0.15, 0.2) is 0 Å². The smallest absolute Gasteiger partial charge is 0.336 e. The van der Waals surface area contributed by atoms with Crippen LogP contribution in [0.15, 0.2) is 28.7 Å². The van der Waals surface area contributed by atoms with Crippen LogP contribution in [0.5, 0.6) is 0 Å². The number of nitrogens with two attached hydrogens (primary N) is 1. The lowest BCUT2D eigenvalue weighted by atomic mass is 10.1. The summed E-state index contributed by atoms with van der Waals surface area (Å²) in [6, 6.07) is 6.99. The average molecular weight is 295 g/mol. The number of aromatic carboxylic acids is 1. The molecule has 0 aliphatic carbocycles. The number of benzene rings is 1. The predicted molar refractivity (Wildman–Crippen MR) is 69.2 cm³/mol. The minimum atomic E-state index is -0.950. The number of halogens is 1. The summed E-state index contributed by atoms with van der Waals surface area (Å²) in [5, 5.41) is 9.82. The second-order valence-corrected chi connectivity index (χ2v) is 4.58. The standard InChI is InChI=1S/C12H11BrN2O2/c13-7-1-2-11-9(5-7)10(12(16)17)6-8(15-11)3-4-14/h1-2,5-6H,3-4,14H2,(H,16,17). The summed E-state index contributed by atoms with van der Waals surface area (Å²) in [7, 11) is 0. The van der Waals surface area contributed by atoms with Crippen LogP contribution in [0.25, 0.3) is 10.9 Å². The Morgan fingerprint density at radius 3 is 2.82 bits per heavy atom. The summed E-state index contributed by atoms with van der Waals surface area (Å²) in [5.41, 5.74) is 7.11. The van der Waals surface area contributed by atoms with Crippen LogP contribution in [0.1, 0.15) is 16.1 Å². The van der Waals surface area contributed by atoms with E-state index in [-0.39, 0.29) is 5.56 Å². The van der Waals surface area contributed by atoms with Crippen molar-refractivity contribution < 1.29 is 9.90 Å². The molecule has 17 heavy (non-hydrogen) atoms. The number of carbonyl (C=O) groups is 1. The molecule has 2 rings (SSSR count). The Hall–Kier alpha value is -1.46. The molecule has 5 heteroatoms. The van der Waals surface area contributed by atoms with Gasteiger partial charge >= 0.3 is 5.97 Å². The third-order valence-electron chi connectivity index (χ3n) is 2.45. The van der Waals surface area contributed by atoms with Crippen molar-refractivity contribution in [1.29, 1.82) is 0 Å². The molecule has 0 saturated carbocycles. The van der Waals surface area contributed by atoms with E-state index in [0.717, 1.165) is 4.47 Å². The van der Waals surface area contributed by atoms with E-state index in [1.165, 1.54) is 0 Å². The highest BCUT2D eigenvalue weighted by atomic mass is 79.9. The Kier molecular flexibility index (Phi) is 3.40. The molecule has 0 bridgehead atoms. The highest BCUT2D eigenvalue weighted by Crippen LogP contribution is 2.23. The van der Waals surface area contributed by atoms with Crippen molar-refractivity contribution in [3.63, 3.8) is 0 Å². The molecule has 2 aromatic rings. The quantitative estimate of drug-likeness (QED) is 0.910. The molecule has 0 spiro atoms. The van der Waals surface area contributed by atoms with Gasteiger partial charge in [0.05, 0.1) is 11.1 Å². The molecule has 0 aliphatic heterocycles. The lowest BCUT2D eigenvalue weighted by Gasteiger charge is -2.06. The van der Waals surface area contributed by atoms with Crippen LogP contribution in [-0.2, 0) is 6.42 Å². The van der Waals surface area contributed by atoms with Gasteiger partial charge in [0.2, 0.25) is 0 Å². The maximum Gasteiger partial charge on any atom is 0.336 e. The number of hydrogen-bond donors (Lipinski definition) is 2. The molecule has 0 radical (unpaired) electrons. The number of carboxylic acid groups (broad SMARTS) is 1.